The highest BCUT2D eigenvalue weighted by atomic mass is 28.3. The van der Waals surface area contributed by atoms with Gasteiger partial charge in [-0.05, 0) is 22.5 Å². The van der Waals surface area contributed by atoms with Gasteiger partial charge in [-0.3, -0.25) is 0 Å². The summed E-state index contributed by atoms with van der Waals surface area (Å²) in [5.74, 6) is 2.06. The van der Waals surface area contributed by atoms with Crippen LogP contribution in [0.4, 0.5) is 0 Å². The standard InChI is InChI=1S/C18H26OSi2/c1-20(2,3)17-13-9-7-11-15(17)19-16-12-8-10-14-18(16)21(4,5)6/h7-14H,1-6H3. The molecule has 0 heterocycles. The van der Waals surface area contributed by atoms with E-state index in [1.807, 2.05) is 0 Å². The van der Waals surface area contributed by atoms with Crippen molar-refractivity contribution in [2.75, 3.05) is 0 Å². The first-order chi connectivity index (χ1) is 9.69. The molecule has 0 amide bonds. The lowest BCUT2D eigenvalue weighted by atomic mass is 10.3. The first kappa shape index (κ1) is 16.1. The smallest absolute Gasteiger partial charge is 0.126 e. The molecule has 1 nitrogen and oxygen atoms in total. The van der Waals surface area contributed by atoms with Crippen molar-refractivity contribution in [3.63, 3.8) is 0 Å². The fourth-order valence-electron chi connectivity index (χ4n) is 2.47. The molecule has 0 atom stereocenters. The van der Waals surface area contributed by atoms with E-state index in [0.717, 1.165) is 11.5 Å². The van der Waals surface area contributed by atoms with Crippen LogP contribution in [0.3, 0.4) is 0 Å². The molecule has 0 bridgehead atoms. The predicted molar refractivity (Wildman–Crippen MR) is 98.9 cm³/mol. The van der Waals surface area contributed by atoms with Crippen LogP contribution in [0, 0.1) is 0 Å². The van der Waals surface area contributed by atoms with Crippen molar-refractivity contribution in [3.05, 3.63) is 48.5 Å². The Kier molecular flexibility index (Phi) is 4.44. The SMILES string of the molecule is C[Si](C)(C)c1ccccc1Oc1ccccc1[Si](C)(C)C. The minimum absolute atomic E-state index is 1.03. The summed E-state index contributed by atoms with van der Waals surface area (Å²) in [4.78, 5) is 0. The molecule has 0 saturated carbocycles. The maximum Gasteiger partial charge on any atom is 0.126 e. The highest BCUT2D eigenvalue weighted by Crippen LogP contribution is 2.23. The maximum absolute atomic E-state index is 6.36. The highest BCUT2D eigenvalue weighted by Gasteiger charge is 2.24. The first-order valence-corrected chi connectivity index (χ1v) is 14.6. The molecule has 0 spiro atoms. The Balaban J connectivity index is 2.45. The van der Waals surface area contributed by atoms with Crippen LogP contribution in [-0.2, 0) is 0 Å². The molecule has 0 unspecified atom stereocenters. The molecule has 0 aliphatic heterocycles. The predicted octanol–water partition coefficient (Wildman–Crippen LogP) is 4.57. The van der Waals surface area contributed by atoms with E-state index < -0.39 is 16.1 Å². The Morgan fingerprint density at radius 2 is 0.905 bits per heavy atom. The fraction of sp³-hybridized carbons (Fsp3) is 0.333. The fourth-order valence-corrected chi connectivity index (χ4v) is 5.41. The molecule has 3 heteroatoms. The molecule has 21 heavy (non-hydrogen) atoms. The van der Waals surface area contributed by atoms with Crippen LogP contribution in [0.5, 0.6) is 11.5 Å². The van der Waals surface area contributed by atoms with E-state index in [9.17, 15) is 0 Å². The topological polar surface area (TPSA) is 9.23 Å². The highest BCUT2D eigenvalue weighted by molar-refractivity contribution is 6.90. The van der Waals surface area contributed by atoms with Crippen molar-refractivity contribution < 1.29 is 4.74 Å². The molecule has 0 aliphatic carbocycles. The molecular weight excluding hydrogens is 288 g/mol. The lowest BCUT2D eigenvalue weighted by molar-refractivity contribution is 0.489. The molecule has 0 fully saturated rings. The summed E-state index contributed by atoms with van der Waals surface area (Å²) in [6.07, 6.45) is 0. The van der Waals surface area contributed by atoms with Gasteiger partial charge in [-0.2, -0.15) is 0 Å². The molecule has 0 radical (unpaired) electrons. The molecular formula is C18H26OSi2. The molecule has 0 N–H and O–H groups in total. The Morgan fingerprint density at radius 1 is 0.571 bits per heavy atom. The minimum atomic E-state index is -1.41. The second kappa shape index (κ2) is 5.81. The lowest BCUT2D eigenvalue weighted by Gasteiger charge is -2.24. The first-order valence-electron chi connectivity index (χ1n) is 7.56. The number of rotatable bonds is 4. The van der Waals surface area contributed by atoms with Crippen LogP contribution in [0.1, 0.15) is 0 Å². The second-order valence-corrected chi connectivity index (χ2v) is 17.7. The summed E-state index contributed by atoms with van der Waals surface area (Å²) in [5.41, 5.74) is 0. The van der Waals surface area contributed by atoms with Gasteiger partial charge in [0.1, 0.15) is 11.5 Å². The molecule has 2 rings (SSSR count). The molecule has 0 saturated heterocycles. The van der Waals surface area contributed by atoms with Crippen LogP contribution in [-0.4, -0.2) is 16.1 Å². The van der Waals surface area contributed by atoms with E-state index in [1.165, 1.54) is 10.4 Å². The van der Waals surface area contributed by atoms with Gasteiger partial charge in [0.25, 0.3) is 0 Å². The van der Waals surface area contributed by atoms with E-state index in [1.54, 1.807) is 0 Å². The summed E-state index contributed by atoms with van der Waals surface area (Å²) < 4.78 is 6.36. The van der Waals surface area contributed by atoms with E-state index in [-0.39, 0.29) is 0 Å². The zero-order valence-corrected chi connectivity index (χ0v) is 16.0. The van der Waals surface area contributed by atoms with Gasteiger partial charge in [0.2, 0.25) is 0 Å². The van der Waals surface area contributed by atoms with Crippen molar-refractivity contribution in [1.29, 1.82) is 0 Å². The third kappa shape index (κ3) is 3.86. The van der Waals surface area contributed by atoms with Crippen molar-refractivity contribution in [3.8, 4) is 11.5 Å². The lowest BCUT2D eigenvalue weighted by Crippen LogP contribution is -2.40. The largest absolute Gasteiger partial charge is 0.458 e. The third-order valence-electron chi connectivity index (χ3n) is 3.61. The van der Waals surface area contributed by atoms with Crippen LogP contribution in [0.25, 0.3) is 0 Å². The normalized spacial score (nSPS) is 12.3. The Labute approximate surface area is 131 Å². The number of benzene rings is 2. The van der Waals surface area contributed by atoms with E-state index in [0.29, 0.717) is 0 Å². The number of hydrogen-bond acceptors (Lipinski definition) is 1. The van der Waals surface area contributed by atoms with Crippen molar-refractivity contribution >= 4 is 26.5 Å². The molecule has 0 aromatic heterocycles. The van der Waals surface area contributed by atoms with Crippen LogP contribution < -0.4 is 15.1 Å². The quantitative estimate of drug-likeness (QED) is 0.751. The van der Waals surface area contributed by atoms with Gasteiger partial charge in [0.15, 0.2) is 0 Å². The summed E-state index contributed by atoms with van der Waals surface area (Å²) in [7, 11) is -2.82. The summed E-state index contributed by atoms with van der Waals surface area (Å²) in [6.45, 7) is 14.2. The Hall–Kier alpha value is -1.33. The average molecular weight is 315 g/mol. The molecule has 2 aromatic carbocycles. The number of ether oxygens (including phenoxy) is 1. The summed E-state index contributed by atoms with van der Waals surface area (Å²) in [6, 6.07) is 17.0. The van der Waals surface area contributed by atoms with E-state index >= 15 is 0 Å². The number of hydrogen-bond donors (Lipinski definition) is 0. The van der Waals surface area contributed by atoms with Crippen molar-refractivity contribution in [2.45, 2.75) is 39.3 Å². The molecule has 112 valence electrons. The van der Waals surface area contributed by atoms with Crippen LogP contribution >= 0.6 is 0 Å². The van der Waals surface area contributed by atoms with Gasteiger partial charge >= 0.3 is 0 Å². The Bertz CT molecular complexity index is 566. The maximum atomic E-state index is 6.36. The average Bonchev–Trinajstić information content (AvgIpc) is 2.37. The third-order valence-corrected chi connectivity index (χ3v) is 7.67. The number of para-hydroxylation sites is 2. The minimum Gasteiger partial charge on any atom is -0.458 e. The summed E-state index contributed by atoms with van der Waals surface area (Å²) in [5, 5.41) is 2.77. The molecule has 0 aliphatic rings. The van der Waals surface area contributed by atoms with Gasteiger partial charge < -0.3 is 4.74 Å². The van der Waals surface area contributed by atoms with Crippen LogP contribution in [0.15, 0.2) is 48.5 Å². The zero-order valence-electron chi connectivity index (χ0n) is 14.0. The van der Waals surface area contributed by atoms with Crippen molar-refractivity contribution in [2.24, 2.45) is 0 Å². The van der Waals surface area contributed by atoms with Gasteiger partial charge in [0, 0.05) is 0 Å². The van der Waals surface area contributed by atoms with Gasteiger partial charge in [0.05, 0.1) is 16.1 Å². The Morgan fingerprint density at radius 3 is 1.24 bits per heavy atom. The van der Waals surface area contributed by atoms with Gasteiger partial charge in [-0.15, -0.1) is 0 Å². The van der Waals surface area contributed by atoms with Gasteiger partial charge in [-0.25, -0.2) is 0 Å². The zero-order chi connectivity index (χ0) is 15.7. The second-order valence-electron chi connectivity index (χ2n) is 7.59. The van der Waals surface area contributed by atoms with E-state index in [4.69, 9.17) is 4.74 Å². The van der Waals surface area contributed by atoms with Gasteiger partial charge in [-0.1, -0.05) is 75.7 Å². The van der Waals surface area contributed by atoms with Crippen molar-refractivity contribution in [1.82, 2.24) is 0 Å². The molecule has 2 aromatic rings. The van der Waals surface area contributed by atoms with E-state index in [2.05, 4.69) is 87.8 Å². The summed E-state index contributed by atoms with van der Waals surface area (Å²) >= 11 is 0. The van der Waals surface area contributed by atoms with Crippen LogP contribution in [0.2, 0.25) is 39.3 Å². The monoisotopic (exact) mass is 314 g/mol.